The molecule has 2 aliphatic rings. The van der Waals surface area contributed by atoms with Crippen LogP contribution in [0.15, 0.2) is 30.3 Å². The van der Waals surface area contributed by atoms with Crippen LogP contribution in [0.3, 0.4) is 0 Å². The van der Waals surface area contributed by atoms with E-state index in [4.69, 9.17) is 0 Å². The normalized spacial score (nSPS) is 20.9. The molecule has 1 amide bonds. The van der Waals surface area contributed by atoms with Gasteiger partial charge >= 0.3 is 0 Å². The fourth-order valence-corrected chi connectivity index (χ4v) is 3.76. The highest BCUT2D eigenvalue weighted by molar-refractivity contribution is 5.85. The molecule has 1 aromatic rings. The van der Waals surface area contributed by atoms with E-state index in [0.29, 0.717) is 11.9 Å². The van der Waals surface area contributed by atoms with Gasteiger partial charge in [0, 0.05) is 19.1 Å². The summed E-state index contributed by atoms with van der Waals surface area (Å²) >= 11 is 0. The van der Waals surface area contributed by atoms with Crippen molar-refractivity contribution in [2.24, 2.45) is 5.41 Å². The quantitative estimate of drug-likeness (QED) is 0.924. The number of likely N-dealkylation sites (tertiary alicyclic amines) is 1. The topological polar surface area (TPSA) is 32.3 Å². The predicted octanol–water partition coefficient (Wildman–Crippen LogP) is 3.03. The number of halogens is 1. The van der Waals surface area contributed by atoms with Crippen LogP contribution in [0.1, 0.15) is 37.7 Å². The molecule has 2 fully saturated rings. The predicted molar refractivity (Wildman–Crippen MR) is 92.3 cm³/mol. The van der Waals surface area contributed by atoms with E-state index in [9.17, 15) is 4.79 Å². The third-order valence-electron chi connectivity index (χ3n) is 5.34. The number of amides is 1. The van der Waals surface area contributed by atoms with Gasteiger partial charge in [-0.2, -0.15) is 0 Å². The zero-order valence-electron chi connectivity index (χ0n) is 13.4. The smallest absolute Gasteiger partial charge is 0.229 e. The largest absolute Gasteiger partial charge is 0.342 e. The van der Waals surface area contributed by atoms with Crippen molar-refractivity contribution in [2.75, 3.05) is 20.1 Å². The molecule has 0 unspecified atom stereocenters. The number of hydrogen-bond acceptors (Lipinski definition) is 2. The first-order valence-electron chi connectivity index (χ1n) is 8.24. The van der Waals surface area contributed by atoms with Gasteiger partial charge in [0.15, 0.2) is 0 Å². The van der Waals surface area contributed by atoms with E-state index in [1.54, 1.807) is 0 Å². The highest BCUT2D eigenvalue weighted by Crippen LogP contribution is 2.45. The summed E-state index contributed by atoms with van der Waals surface area (Å²) < 4.78 is 0. The Bertz CT molecular complexity index is 479. The Morgan fingerprint density at radius 1 is 1.23 bits per heavy atom. The molecule has 3 rings (SSSR count). The van der Waals surface area contributed by atoms with Gasteiger partial charge in [-0.15, -0.1) is 12.4 Å². The Hall–Kier alpha value is -1.06. The van der Waals surface area contributed by atoms with E-state index in [1.165, 1.54) is 12.0 Å². The van der Waals surface area contributed by atoms with Crippen molar-refractivity contribution in [3.05, 3.63) is 35.9 Å². The lowest BCUT2D eigenvalue weighted by Crippen LogP contribution is -2.53. The summed E-state index contributed by atoms with van der Waals surface area (Å²) in [6.45, 7) is 1.84. The van der Waals surface area contributed by atoms with E-state index in [2.05, 4.69) is 34.5 Å². The molecule has 1 aliphatic carbocycles. The van der Waals surface area contributed by atoms with Crippen LogP contribution in [0.25, 0.3) is 0 Å². The number of carbonyl (C=O) groups is 1. The first-order valence-corrected chi connectivity index (χ1v) is 8.24. The van der Waals surface area contributed by atoms with Crippen molar-refractivity contribution in [1.82, 2.24) is 10.2 Å². The van der Waals surface area contributed by atoms with E-state index < -0.39 is 0 Å². The highest BCUT2D eigenvalue weighted by Gasteiger charge is 2.46. The van der Waals surface area contributed by atoms with Crippen molar-refractivity contribution < 1.29 is 4.79 Å². The number of carbonyl (C=O) groups excluding carboxylic acids is 1. The molecular weight excluding hydrogens is 296 g/mol. The molecule has 1 saturated carbocycles. The number of nitrogens with zero attached hydrogens (tertiary/aromatic N) is 1. The number of nitrogens with one attached hydrogen (secondary N) is 1. The summed E-state index contributed by atoms with van der Waals surface area (Å²) in [5.74, 6) is 0.409. The molecule has 22 heavy (non-hydrogen) atoms. The molecule has 1 heterocycles. The Balaban J connectivity index is 0.00000176. The molecule has 0 atom stereocenters. The van der Waals surface area contributed by atoms with Crippen LogP contribution >= 0.6 is 12.4 Å². The summed E-state index contributed by atoms with van der Waals surface area (Å²) in [5, 5.41) is 3.33. The summed E-state index contributed by atoms with van der Waals surface area (Å²) in [7, 11) is 2.02. The summed E-state index contributed by atoms with van der Waals surface area (Å²) in [4.78, 5) is 15.1. The van der Waals surface area contributed by atoms with Crippen LogP contribution in [0, 0.1) is 5.41 Å². The van der Waals surface area contributed by atoms with Crippen LogP contribution in [0.2, 0.25) is 0 Å². The lowest BCUT2D eigenvalue weighted by Gasteiger charge is -2.45. The number of piperidine rings is 1. The van der Waals surface area contributed by atoms with E-state index in [-0.39, 0.29) is 17.8 Å². The molecule has 1 aromatic carbocycles. The fourth-order valence-electron chi connectivity index (χ4n) is 3.76. The van der Waals surface area contributed by atoms with Gasteiger partial charge in [0.1, 0.15) is 0 Å². The number of rotatable bonds is 4. The van der Waals surface area contributed by atoms with Crippen LogP contribution in [-0.4, -0.2) is 37.0 Å². The van der Waals surface area contributed by atoms with Gasteiger partial charge in [-0.1, -0.05) is 36.8 Å². The van der Waals surface area contributed by atoms with Crippen molar-refractivity contribution >= 4 is 18.3 Å². The fraction of sp³-hybridized carbons (Fsp3) is 0.611. The maximum Gasteiger partial charge on any atom is 0.229 e. The second kappa shape index (κ2) is 7.47. The molecular formula is C18H27ClN2O. The van der Waals surface area contributed by atoms with Crippen LogP contribution in [0.5, 0.6) is 0 Å². The van der Waals surface area contributed by atoms with Gasteiger partial charge in [0.05, 0.1) is 5.41 Å². The van der Waals surface area contributed by atoms with Crippen molar-refractivity contribution in [2.45, 2.75) is 44.6 Å². The highest BCUT2D eigenvalue weighted by atomic mass is 35.5. The van der Waals surface area contributed by atoms with Crippen molar-refractivity contribution in [1.29, 1.82) is 0 Å². The first kappa shape index (κ1) is 17.3. The molecule has 0 radical (unpaired) electrons. The second-order valence-electron chi connectivity index (χ2n) is 6.65. The zero-order valence-corrected chi connectivity index (χ0v) is 14.2. The van der Waals surface area contributed by atoms with Crippen molar-refractivity contribution in [3.63, 3.8) is 0 Å². The maximum atomic E-state index is 13.0. The van der Waals surface area contributed by atoms with Gasteiger partial charge in [-0.05, 0) is 44.7 Å². The minimum Gasteiger partial charge on any atom is -0.342 e. The van der Waals surface area contributed by atoms with Crippen LogP contribution < -0.4 is 5.32 Å². The Morgan fingerprint density at radius 3 is 2.36 bits per heavy atom. The second-order valence-corrected chi connectivity index (χ2v) is 6.65. The molecule has 0 aromatic heterocycles. The molecule has 1 N–H and O–H groups in total. The number of benzene rings is 1. The first-order chi connectivity index (χ1) is 10.2. The lowest BCUT2D eigenvalue weighted by atomic mass is 9.64. The lowest BCUT2D eigenvalue weighted by molar-refractivity contribution is -0.148. The van der Waals surface area contributed by atoms with E-state index in [0.717, 1.165) is 45.2 Å². The molecule has 0 spiro atoms. The Morgan fingerprint density at radius 2 is 1.86 bits per heavy atom. The monoisotopic (exact) mass is 322 g/mol. The third-order valence-corrected chi connectivity index (χ3v) is 5.34. The van der Waals surface area contributed by atoms with Gasteiger partial charge in [-0.3, -0.25) is 4.79 Å². The van der Waals surface area contributed by atoms with Gasteiger partial charge in [0.2, 0.25) is 5.91 Å². The average molecular weight is 323 g/mol. The van der Waals surface area contributed by atoms with Gasteiger partial charge in [0.25, 0.3) is 0 Å². The minimum absolute atomic E-state index is 0. The van der Waals surface area contributed by atoms with Gasteiger partial charge < -0.3 is 10.2 Å². The molecule has 0 bridgehead atoms. The average Bonchev–Trinajstić information content (AvgIpc) is 2.51. The minimum atomic E-state index is -0.103. The van der Waals surface area contributed by atoms with Gasteiger partial charge in [-0.25, -0.2) is 0 Å². The van der Waals surface area contributed by atoms with Crippen molar-refractivity contribution in [3.8, 4) is 0 Å². The summed E-state index contributed by atoms with van der Waals surface area (Å²) in [6.07, 6.45) is 6.41. The maximum absolute atomic E-state index is 13.0. The molecule has 122 valence electrons. The van der Waals surface area contributed by atoms with E-state index in [1.807, 2.05) is 13.1 Å². The third kappa shape index (κ3) is 3.47. The Labute approximate surface area is 139 Å². The SMILES string of the molecule is CNC1CCN(C(=O)C2(Cc3ccccc3)CCC2)CC1.Cl. The zero-order chi connectivity index (χ0) is 14.7. The Kier molecular flexibility index (Phi) is 5.87. The standard InChI is InChI=1S/C18H26N2O.ClH/c1-19-16-8-12-20(13-9-16)17(21)18(10-5-11-18)14-15-6-3-2-4-7-15;/h2-4,6-7,16,19H,5,8-14H2,1H3;1H. The summed E-state index contributed by atoms with van der Waals surface area (Å²) in [5.41, 5.74) is 1.20. The molecule has 4 heteroatoms. The summed E-state index contributed by atoms with van der Waals surface area (Å²) in [6, 6.07) is 11.1. The van der Waals surface area contributed by atoms with Crippen LogP contribution in [0.4, 0.5) is 0 Å². The van der Waals surface area contributed by atoms with Crippen LogP contribution in [-0.2, 0) is 11.2 Å². The molecule has 3 nitrogen and oxygen atoms in total. The van der Waals surface area contributed by atoms with E-state index >= 15 is 0 Å². The molecule has 1 saturated heterocycles. The number of hydrogen-bond donors (Lipinski definition) is 1. The molecule has 1 aliphatic heterocycles.